The highest BCUT2D eigenvalue weighted by molar-refractivity contribution is 5.49. The summed E-state index contributed by atoms with van der Waals surface area (Å²) in [6.45, 7) is 0.924. The van der Waals surface area contributed by atoms with E-state index in [0.717, 1.165) is 5.69 Å². The summed E-state index contributed by atoms with van der Waals surface area (Å²) < 4.78 is 0. The van der Waals surface area contributed by atoms with Crippen LogP contribution in [0.4, 0.5) is 5.69 Å². The van der Waals surface area contributed by atoms with Crippen LogP contribution in [0, 0.1) is 11.3 Å². The average Bonchev–Trinajstić information content (AvgIpc) is 2.27. The normalized spacial score (nSPS) is 11.8. The number of anilines is 1. The lowest BCUT2D eigenvalue weighted by molar-refractivity contribution is 0.180. The Morgan fingerprint density at radius 2 is 2.33 bits per heavy atom. The second-order valence-electron chi connectivity index (χ2n) is 3.30. The molecule has 0 fully saturated rings. The zero-order valence-electron chi connectivity index (χ0n) is 8.48. The smallest absolute Gasteiger partial charge is 0.0992 e. The van der Waals surface area contributed by atoms with Gasteiger partial charge in [-0.05, 0) is 31.2 Å². The van der Waals surface area contributed by atoms with Gasteiger partial charge < -0.3 is 16.2 Å². The number of benzene rings is 1. The Balaban J connectivity index is 2.47. The molecule has 0 aromatic heterocycles. The lowest BCUT2D eigenvalue weighted by atomic mass is 10.2. The number of aliphatic hydroxyl groups excluding tert-OH is 1. The number of hydrogen-bond donors (Lipinski definition) is 3. The minimum absolute atomic E-state index is 0.444. The lowest BCUT2D eigenvalue weighted by Gasteiger charge is -2.11. The standard InChI is InChI=1S/C11H15N3O/c12-5-4-11(15)8-14-10-3-1-2-9(6-10)7-13/h1-3,6,11,14-15H,4-5,8,12H2. The minimum Gasteiger partial charge on any atom is -0.391 e. The van der Waals surface area contributed by atoms with Crippen molar-refractivity contribution in [3.8, 4) is 6.07 Å². The highest BCUT2D eigenvalue weighted by Gasteiger charge is 2.02. The molecule has 0 aliphatic rings. The van der Waals surface area contributed by atoms with Crippen LogP contribution >= 0.6 is 0 Å². The molecule has 0 amide bonds. The monoisotopic (exact) mass is 205 g/mol. The molecule has 4 nitrogen and oxygen atoms in total. The van der Waals surface area contributed by atoms with Crippen molar-refractivity contribution in [3.05, 3.63) is 29.8 Å². The number of aliphatic hydroxyl groups is 1. The number of rotatable bonds is 5. The van der Waals surface area contributed by atoms with Crippen LogP contribution in [0.3, 0.4) is 0 Å². The molecule has 0 aliphatic heterocycles. The third-order valence-corrected chi connectivity index (χ3v) is 2.03. The summed E-state index contributed by atoms with van der Waals surface area (Å²) in [6, 6.07) is 9.20. The topological polar surface area (TPSA) is 82.1 Å². The third kappa shape index (κ3) is 3.98. The van der Waals surface area contributed by atoms with E-state index in [0.29, 0.717) is 25.1 Å². The van der Waals surface area contributed by atoms with Gasteiger partial charge in [-0.1, -0.05) is 6.07 Å². The summed E-state index contributed by atoms with van der Waals surface area (Å²) >= 11 is 0. The average molecular weight is 205 g/mol. The maximum Gasteiger partial charge on any atom is 0.0992 e. The van der Waals surface area contributed by atoms with Gasteiger partial charge in [-0.3, -0.25) is 0 Å². The molecule has 0 saturated carbocycles. The maximum absolute atomic E-state index is 9.43. The second kappa shape index (κ2) is 6.02. The Hall–Kier alpha value is -1.57. The van der Waals surface area contributed by atoms with Crippen LogP contribution in [0.2, 0.25) is 0 Å². The van der Waals surface area contributed by atoms with Gasteiger partial charge in [0.05, 0.1) is 17.7 Å². The Bertz CT molecular complexity index is 346. The molecule has 4 heteroatoms. The van der Waals surface area contributed by atoms with Crippen LogP contribution in [0.5, 0.6) is 0 Å². The van der Waals surface area contributed by atoms with Crippen molar-refractivity contribution in [1.82, 2.24) is 0 Å². The molecule has 0 radical (unpaired) electrons. The van der Waals surface area contributed by atoms with Crippen molar-refractivity contribution in [2.75, 3.05) is 18.4 Å². The SMILES string of the molecule is N#Cc1cccc(NCC(O)CCN)c1. The van der Waals surface area contributed by atoms with Gasteiger partial charge in [-0.15, -0.1) is 0 Å². The molecule has 1 aromatic carbocycles. The summed E-state index contributed by atoms with van der Waals surface area (Å²) in [5.74, 6) is 0. The Morgan fingerprint density at radius 1 is 1.53 bits per heavy atom. The first-order valence-corrected chi connectivity index (χ1v) is 4.88. The van der Waals surface area contributed by atoms with Gasteiger partial charge in [0.15, 0.2) is 0 Å². The molecule has 0 bridgehead atoms. The van der Waals surface area contributed by atoms with Crippen LogP contribution in [0.1, 0.15) is 12.0 Å². The molecule has 4 N–H and O–H groups in total. The summed E-state index contributed by atoms with van der Waals surface area (Å²) in [5, 5.41) is 21.2. The molecule has 1 unspecified atom stereocenters. The molecular weight excluding hydrogens is 190 g/mol. The van der Waals surface area contributed by atoms with Gasteiger partial charge in [0.25, 0.3) is 0 Å². The van der Waals surface area contributed by atoms with Gasteiger partial charge in [0.1, 0.15) is 0 Å². The van der Waals surface area contributed by atoms with Crippen LogP contribution in [-0.4, -0.2) is 24.3 Å². The fourth-order valence-corrected chi connectivity index (χ4v) is 1.23. The van der Waals surface area contributed by atoms with Crippen molar-refractivity contribution < 1.29 is 5.11 Å². The van der Waals surface area contributed by atoms with E-state index in [1.807, 2.05) is 6.07 Å². The van der Waals surface area contributed by atoms with Gasteiger partial charge in [-0.25, -0.2) is 0 Å². The molecule has 1 aromatic rings. The molecule has 80 valence electrons. The maximum atomic E-state index is 9.43. The van der Waals surface area contributed by atoms with Crippen molar-refractivity contribution >= 4 is 5.69 Å². The number of nitriles is 1. The van der Waals surface area contributed by atoms with E-state index < -0.39 is 6.10 Å². The Morgan fingerprint density at radius 3 is 3.00 bits per heavy atom. The van der Waals surface area contributed by atoms with Crippen LogP contribution in [0.25, 0.3) is 0 Å². The first kappa shape index (κ1) is 11.5. The Kier molecular flexibility index (Phi) is 4.61. The van der Waals surface area contributed by atoms with E-state index >= 15 is 0 Å². The van der Waals surface area contributed by atoms with Gasteiger partial charge in [0.2, 0.25) is 0 Å². The molecule has 1 rings (SSSR count). The Labute approximate surface area is 89.3 Å². The van der Waals surface area contributed by atoms with Gasteiger partial charge in [-0.2, -0.15) is 5.26 Å². The van der Waals surface area contributed by atoms with E-state index in [1.54, 1.807) is 18.2 Å². The van der Waals surface area contributed by atoms with Gasteiger partial charge >= 0.3 is 0 Å². The number of hydrogen-bond acceptors (Lipinski definition) is 4. The predicted molar refractivity (Wildman–Crippen MR) is 59.3 cm³/mol. The summed E-state index contributed by atoms with van der Waals surface area (Å²) in [6.07, 6.45) is 0.131. The molecule has 0 saturated heterocycles. The second-order valence-corrected chi connectivity index (χ2v) is 3.30. The van der Waals surface area contributed by atoms with E-state index in [9.17, 15) is 5.11 Å². The zero-order chi connectivity index (χ0) is 11.1. The highest BCUT2D eigenvalue weighted by atomic mass is 16.3. The van der Waals surface area contributed by atoms with Crippen LogP contribution in [0.15, 0.2) is 24.3 Å². The van der Waals surface area contributed by atoms with E-state index in [1.165, 1.54) is 0 Å². The fraction of sp³-hybridized carbons (Fsp3) is 0.364. The minimum atomic E-state index is -0.444. The number of nitrogens with two attached hydrogens (primary N) is 1. The molecule has 0 heterocycles. The lowest BCUT2D eigenvalue weighted by Crippen LogP contribution is -2.22. The van der Waals surface area contributed by atoms with Crippen LogP contribution < -0.4 is 11.1 Å². The molecular formula is C11H15N3O. The van der Waals surface area contributed by atoms with E-state index in [-0.39, 0.29) is 0 Å². The molecule has 15 heavy (non-hydrogen) atoms. The molecule has 1 atom stereocenters. The third-order valence-electron chi connectivity index (χ3n) is 2.03. The van der Waals surface area contributed by atoms with Crippen molar-refractivity contribution in [1.29, 1.82) is 5.26 Å². The summed E-state index contributed by atoms with van der Waals surface area (Å²) in [4.78, 5) is 0. The fourth-order valence-electron chi connectivity index (χ4n) is 1.23. The van der Waals surface area contributed by atoms with E-state index in [4.69, 9.17) is 11.0 Å². The quantitative estimate of drug-likeness (QED) is 0.660. The zero-order valence-corrected chi connectivity index (χ0v) is 8.48. The summed E-state index contributed by atoms with van der Waals surface area (Å²) in [5.41, 5.74) is 6.76. The van der Waals surface area contributed by atoms with Crippen molar-refractivity contribution in [3.63, 3.8) is 0 Å². The molecule has 0 aliphatic carbocycles. The largest absolute Gasteiger partial charge is 0.391 e. The van der Waals surface area contributed by atoms with Crippen LogP contribution in [-0.2, 0) is 0 Å². The molecule has 0 spiro atoms. The first-order valence-electron chi connectivity index (χ1n) is 4.88. The van der Waals surface area contributed by atoms with E-state index in [2.05, 4.69) is 11.4 Å². The van der Waals surface area contributed by atoms with Gasteiger partial charge in [0, 0.05) is 12.2 Å². The van der Waals surface area contributed by atoms with Crippen molar-refractivity contribution in [2.24, 2.45) is 5.73 Å². The highest BCUT2D eigenvalue weighted by Crippen LogP contribution is 2.09. The first-order chi connectivity index (χ1) is 7.26. The van der Waals surface area contributed by atoms with Crippen molar-refractivity contribution in [2.45, 2.75) is 12.5 Å². The summed E-state index contributed by atoms with van der Waals surface area (Å²) in [7, 11) is 0. The number of nitrogens with zero attached hydrogens (tertiary/aromatic N) is 1. The predicted octanol–water partition coefficient (Wildman–Crippen LogP) is 0.680. The number of nitrogens with one attached hydrogen (secondary N) is 1.